The molecule has 108 valence electrons. The van der Waals surface area contributed by atoms with Crippen molar-refractivity contribution in [3.05, 3.63) is 66.2 Å². The Morgan fingerprint density at radius 2 is 1.33 bits per heavy atom. The van der Waals surface area contributed by atoms with Crippen LogP contribution in [-0.4, -0.2) is 5.78 Å². The predicted molar refractivity (Wildman–Crippen MR) is 93.9 cm³/mol. The highest BCUT2D eigenvalue weighted by atomic mass is 33.1. The van der Waals surface area contributed by atoms with Gasteiger partial charge in [-0.15, -0.1) is 0 Å². The second-order valence-corrected chi connectivity index (χ2v) is 7.05. The molecule has 0 heterocycles. The summed E-state index contributed by atoms with van der Waals surface area (Å²) >= 11 is 0. The number of rotatable bonds is 6. The molecular weight excluding hydrogens is 296 g/mol. The molecule has 0 radical (unpaired) electrons. The summed E-state index contributed by atoms with van der Waals surface area (Å²) < 4.78 is 0. The molecule has 0 aliphatic rings. The molecule has 0 aliphatic carbocycles. The Hall–Kier alpha value is -1.45. The van der Waals surface area contributed by atoms with Crippen molar-refractivity contribution in [3.8, 4) is 0 Å². The van der Waals surface area contributed by atoms with Crippen molar-refractivity contribution >= 4 is 32.9 Å². The van der Waals surface area contributed by atoms with Crippen molar-refractivity contribution in [3.63, 3.8) is 0 Å². The maximum absolute atomic E-state index is 11.6. The fourth-order valence-electron chi connectivity index (χ4n) is 1.79. The van der Waals surface area contributed by atoms with Gasteiger partial charge >= 0.3 is 0 Å². The molecule has 0 bridgehead atoms. The highest BCUT2D eigenvalue weighted by molar-refractivity contribution is 8.76. The van der Waals surface area contributed by atoms with Crippen LogP contribution in [0.2, 0.25) is 0 Å². The Kier molecular flexibility index (Phi) is 5.71. The lowest BCUT2D eigenvalue weighted by atomic mass is 10.1. The van der Waals surface area contributed by atoms with E-state index in [2.05, 4.69) is 30.8 Å². The number of hydrogen-bond acceptors (Lipinski definition) is 3. The molecule has 0 spiro atoms. The molecule has 0 unspecified atom stereocenters. The molecule has 2 aromatic rings. The largest absolute Gasteiger partial charge is 0.294 e. The molecule has 1 nitrogen and oxygen atoms in total. The maximum Gasteiger partial charge on any atom is 0.162 e. The standard InChI is InChI=1S/C18H18OS2/c1-4-18(19)15-7-11-17(12-8-15)21-20-16-9-5-14(6-10-16)13(2)3/h5-12H,2,4H2,1,3H3. The maximum atomic E-state index is 11.6. The van der Waals surface area contributed by atoms with Gasteiger partial charge < -0.3 is 0 Å². The second-order valence-electron chi connectivity index (χ2n) is 4.77. The molecular formula is C18H18OS2. The Bertz CT molecular complexity index is 627. The van der Waals surface area contributed by atoms with E-state index in [0.29, 0.717) is 6.42 Å². The van der Waals surface area contributed by atoms with E-state index >= 15 is 0 Å². The van der Waals surface area contributed by atoms with Crippen LogP contribution < -0.4 is 0 Å². The predicted octanol–water partition coefficient (Wildman–Crippen LogP) is 6.11. The SMILES string of the molecule is C=C(C)c1ccc(SSc2ccc(C(=O)CC)cc2)cc1. The zero-order valence-corrected chi connectivity index (χ0v) is 13.9. The van der Waals surface area contributed by atoms with Crippen molar-refractivity contribution < 1.29 is 4.79 Å². The Morgan fingerprint density at radius 3 is 1.71 bits per heavy atom. The van der Waals surface area contributed by atoms with Crippen LogP contribution in [0.25, 0.3) is 5.57 Å². The summed E-state index contributed by atoms with van der Waals surface area (Å²) in [6.45, 7) is 7.83. The third-order valence-electron chi connectivity index (χ3n) is 3.08. The number of benzene rings is 2. The monoisotopic (exact) mass is 314 g/mol. The summed E-state index contributed by atoms with van der Waals surface area (Å²) in [5.41, 5.74) is 3.04. The van der Waals surface area contributed by atoms with Crippen LogP contribution in [-0.2, 0) is 0 Å². The number of hydrogen-bond donors (Lipinski definition) is 0. The van der Waals surface area contributed by atoms with Crippen LogP contribution in [0.15, 0.2) is 64.9 Å². The van der Waals surface area contributed by atoms with E-state index < -0.39 is 0 Å². The van der Waals surface area contributed by atoms with E-state index in [1.165, 1.54) is 10.5 Å². The molecule has 0 atom stereocenters. The smallest absolute Gasteiger partial charge is 0.162 e. The zero-order valence-electron chi connectivity index (χ0n) is 12.3. The highest BCUT2D eigenvalue weighted by Gasteiger charge is 2.03. The van der Waals surface area contributed by atoms with E-state index in [4.69, 9.17) is 0 Å². The Morgan fingerprint density at radius 1 is 0.905 bits per heavy atom. The third-order valence-corrected chi connectivity index (χ3v) is 5.50. The van der Waals surface area contributed by atoms with Crippen LogP contribution in [0, 0.1) is 0 Å². The first-order valence-corrected chi connectivity index (χ1v) is 8.99. The van der Waals surface area contributed by atoms with Crippen molar-refractivity contribution in [2.75, 3.05) is 0 Å². The molecule has 0 saturated heterocycles. The van der Waals surface area contributed by atoms with Gasteiger partial charge in [0.25, 0.3) is 0 Å². The van der Waals surface area contributed by atoms with Gasteiger partial charge in [-0.2, -0.15) is 0 Å². The molecule has 0 N–H and O–H groups in total. The fraction of sp³-hybridized carbons (Fsp3) is 0.167. The molecule has 0 fully saturated rings. The van der Waals surface area contributed by atoms with Gasteiger partial charge in [-0.1, -0.05) is 64.9 Å². The van der Waals surface area contributed by atoms with Gasteiger partial charge in [0, 0.05) is 21.8 Å². The average molecular weight is 314 g/mol. The quantitative estimate of drug-likeness (QED) is 0.473. The molecule has 2 rings (SSSR count). The Labute approximate surface area is 134 Å². The lowest BCUT2D eigenvalue weighted by Gasteiger charge is -2.04. The summed E-state index contributed by atoms with van der Waals surface area (Å²) in [7, 11) is 3.41. The number of ketones is 1. The van der Waals surface area contributed by atoms with E-state index in [-0.39, 0.29) is 5.78 Å². The second kappa shape index (κ2) is 7.53. The third kappa shape index (κ3) is 4.51. The minimum absolute atomic E-state index is 0.189. The molecule has 2 aromatic carbocycles. The fourth-order valence-corrected chi connectivity index (χ4v) is 3.72. The lowest BCUT2D eigenvalue weighted by Crippen LogP contribution is -1.94. The van der Waals surface area contributed by atoms with E-state index in [1.807, 2.05) is 38.1 Å². The van der Waals surface area contributed by atoms with Gasteiger partial charge in [-0.25, -0.2) is 0 Å². The summed E-state index contributed by atoms with van der Waals surface area (Å²) in [6, 6.07) is 16.2. The van der Waals surface area contributed by atoms with Crippen molar-refractivity contribution in [2.45, 2.75) is 30.1 Å². The topological polar surface area (TPSA) is 17.1 Å². The van der Waals surface area contributed by atoms with Gasteiger partial charge in [0.1, 0.15) is 0 Å². The van der Waals surface area contributed by atoms with Crippen LogP contribution in [0.5, 0.6) is 0 Å². The average Bonchev–Trinajstić information content (AvgIpc) is 2.53. The summed E-state index contributed by atoms with van der Waals surface area (Å²) in [5.74, 6) is 0.189. The van der Waals surface area contributed by atoms with Gasteiger partial charge in [-0.05, 0) is 36.8 Å². The van der Waals surface area contributed by atoms with Crippen LogP contribution in [0.4, 0.5) is 0 Å². The van der Waals surface area contributed by atoms with Crippen molar-refractivity contribution in [1.29, 1.82) is 0 Å². The van der Waals surface area contributed by atoms with Crippen LogP contribution in [0.3, 0.4) is 0 Å². The van der Waals surface area contributed by atoms with Gasteiger partial charge in [-0.3, -0.25) is 4.79 Å². The highest BCUT2D eigenvalue weighted by Crippen LogP contribution is 2.37. The first-order valence-electron chi connectivity index (χ1n) is 6.84. The molecule has 3 heteroatoms. The van der Waals surface area contributed by atoms with E-state index in [9.17, 15) is 4.79 Å². The first-order chi connectivity index (χ1) is 10.1. The molecule has 0 aliphatic heterocycles. The van der Waals surface area contributed by atoms with E-state index in [1.54, 1.807) is 21.6 Å². The van der Waals surface area contributed by atoms with Crippen LogP contribution >= 0.6 is 21.6 Å². The summed E-state index contributed by atoms with van der Waals surface area (Å²) in [4.78, 5) is 13.9. The number of carbonyl (C=O) groups is 1. The van der Waals surface area contributed by atoms with Gasteiger partial charge in [0.15, 0.2) is 5.78 Å². The lowest BCUT2D eigenvalue weighted by molar-refractivity contribution is 0.0988. The minimum Gasteiger partial charge on any atom is -0.294 e. The number of Topliss-reactive ketones (excluding diaryl/α,β-unsaturated/α-hetero) is 1. The Balaban J connectivity index is 1.96. The summed E-state index contributed by atoms with van der Waals surface area (Å²) in [5, 5.41) is 0. The molecule has 21 heavy (non-hydrogen) atoms. The minimum atomic E-state index is 0.189. The summed E-state index contributed by atoms with van der Waals surface area (Å²) in [6.07, 6.45) is 0.552. The van der Waals surface area contributed by atoms with Crippen molar-refractivity contribution in [1.82, 2.24) is 0 Å². The normalized spacial score (nSPS) is 10.4. The number of carbonyl (C=O) groups excluding carboxylic acids is 1. The molecule has 0 amide bonds. The van der Waals surface area contributed by atoms with Gasteiger partial charge in [0.2, 0.25) is 0 Å². The van der Waals surface area contributed by atoms with Gasteiger partial charge in [0.05, 0.1) is 0 Å². The van der Waals surface area contributed by atoms with Crippen LogP contribution in [0.1, 0.15) is 36.2 Å². The molecule has 0 saturated carbocycles. The first kappa shape index (κ1) is 15.9. The van der Waals surface area contributed by atoms with Crippen molar-refractivity contribution in [2.24, 2.45) is 0 Å². The zero-order chi connectivity index (χ0) is 15.2. The molecule has 0 aromatic heterocycles. The van der Waals surface area contributed by atoms with E-state index in [0.717, 1.165) is 16.0 Å². The number of allylic oxidation sites excluding steroid dienone is 1.